The summed E-state index contributed by atoms with van der Waals surface area (Å²) in [5, 5.41) is 6.06. The number of carbonyl (C=O) groups excluding carboxylic acids is 2. The molecule has 60 heavy (non-hydrogen) atoms. The zero-order valence-electron chi connectivity index (χ0n) is 38.5. The molecule has 0 bridgehead atoms. The monoisotopic (exact) mass is 845 g/mol. The highest BCUT2D eigenvalue weighted by atomic mass is 16.8. The summed E-state index contributed by atoms with van der Waals surface area (Å²) >= 11 is 0. The van der Waals surface area contributed by atoms with Crippen LogP contribution in [0.5, 0.6) is 0 Å². The van der Waals surface area contributed by atoms with Gasteiger partial charge in [0.1, 0.15) is 24.4 Å². The van der Waals surface area contributed by atoms with E-state index >= 15 is 0 Å². The van der Waals surface area contributed by atoms with Crippen LogP contribution in [0.15, 0.2) is 30.3 Å². The number of carbonyl (C=O) groups is 2. The summed E-state index contributed by atoms with van der Waals surface area (Å²) in [6.07, 6.45) is 31.0. The van der Waals surface area contributed by atoms with Crippen LogP contribution in [0.3, 0.4) is 0 Å². The van der Waals surface area contributed by atoms with E-state index in [2.05, 4.69) is 24.5 Å². The third-order valence-corrected chi connectivity index (χ3v) is 12.1. The van der Waals surface area contributed by atoms with Gasteiger partial charge < -0.3 is 39.1 Å². The normalized spacial score (nSPS) is 21.4. The Hall–Kier alpha value is -2.08. The lowest BCUT2D eigenvalue weighted by atomic mass is 9.97. The zero-order chi connectivity index (χ0) is 42.7. The molecular weight excluding hydrogens is 757 g/mol. The highest BCUT2D eigenvalue weighted by Crippen LogP contribution is 2.36. The molecule has 1 aromatic rings. The lowest BCUT2D eigenvalue weighted by molar-refractivity contribution is -0.367. The highest BCUT2D eigenvalue weighted by molar-refractivity contribution is 5.76. The Kier molecular flexibility index (Phi) is 30.8. The minimum absolute atomic E-state index is 0.0470. The van der Waals surface area contributed by atoms with E-state index in [4.69, 9.17) is 28.4 Å². The molecule has 346 valence electrons. The third kappa shape index (κ3) is 23.4. The highest BCUT2D eigenvalue weighted by Gasteiger charge is 2.51. The first kappa shape index (κ1) is 52.3. The van der Waals surface area contributed by atoms with E-state index in [1.54, 1.807) is 7.11 Å². The topological polar surface area (TPSA) is 114 Å². The summed E-state index contributed by atoms with van der Waals surface area (Å²) in [5.41, 5.74) is 0.910. The van der Waals surface area contributed by atoms with Crippen molar-refractivity contribution in [3.63, 3.8) is 0 Å². The number of unbranched alkanes of at least 4 members (excludes halogenated alkanes) is 24. The van der Waals surface area contributed by atoms with Crippen molar-refractivity contribution in [1.82, 2.24) is 10.6 Å². The van der Waals surface area contributed by atoms with Crippen molar-refractivity contribution in [3.05, 3.63) is 35.9 Å². The summed E-state index contributed by atoms with van der Waals surface area (Å²) in [6, 6.07) is 9.83. The van der Waals surface area contributed by atoms with Gasteiger partial charge >= 0.3 is 0 Å². The van der Waals surface area contributed by atoms with Gasteiger partial charge in [0.25, 0.3) is 0 Å². The lowest BCUT2D eigenvalue weighted by Crippen LogP contribution is -2.64. The number of hydrogen-bond donors (Lipinski definition) is 2. The van der Waals surface area contributed by atoms with Crippen LogP contribution >= 0.6 is 0 Å². The number of hydrogen-bond acceptors (Lipinski definition) is 8. The van der Waals surface area contributed by atoms with Crippen LogP contribution < -0.4 is 10.6 Å². The molecule has 2 unspecified atom stereocenters. The maximum atomic E-state index is 12.7. The van der Waals surface area contributed by atoms with Crippen molar-refractivity contribution in [2.45, 2.75) is 231 Å². The molecule has 2 fully saturated rings. The Balaban J connectivity index is 1.35. The molecule has 10 heteroatoms. The molecule has 2 N–H and O–H groups in total. The SMILES string of the molecule is CCCCCCCCCCCCCCCC(=O)NCCO[C@H]1[C@@H]2OC(c3ccccc3)OC[C@H]2OC(OC)[C@@H]1OCCNC(=O)CCCCCCCCCCCCCCC. The molecule has 0 aliphatic carbocycles. The van der Waals surface area contributed by atoms with Gasteiger partial charge in [0.15, 0.2) is 12.6 Å². The van der Waals surface area contributed by atoms with Crippen LogP contribution in [0.4, 0.5) is 0 Å². The molecule has 10 nitrogen and oxygen atoms in total. The Labute approximate surface area is 366 Å². The van der Waals surface area contributed by atoms with Crippen LogP contribution in [0, 0.1) is 0 Å². The number of fused-ring (bicyclic) bond motifs is 1. The largest absolute Gasteiger partial charge is 0.371 e. The van der Waals surface area contributed by atoms with E-state index in [-0.39, 0.29) is 25.0 Å². The number of benzene rings is 1. The molecule has 3 rings (SSSR count). The van der Waals surface area contributed by atoms with Crippen LogP contribution in [0.2, 0.25) is 0 Å². The molecule has 6 atom stereocenters. The molecular formula is C50H88N2O8. The first-order chi connectivity index (χ1) is 29.6. The first-order valence-electron chi connectivity index (χ1n) is 24.8. The van der Waals surface area contributed by atoms with Gasteiger partial charge in [-0.25, -0.2) is 0 Å². The Bertz CT molecular complexity index is 1170. The fraction of sp³-hybridized carbons (Fsp3) is 0.840. The van der Waals surface area contributed by atoms with Crippen LogP contribution in [-0.4, -0.2) is 82.5 Å². The van der Waals surface area contributed by atoms with Gasteiger partial charge in [-0.1, -0.05) is 198 Å². The summed E-state index contributed by atoms with van der Waals surface area (Å²) in [5.74, 6) is 0.0980. The van der Waals surface area contributed by atoms with Gasteiger partial charge in [-0.3, -0.25) is 9.59 Å². The third-order valence-electron chi connectivity index (χ3n) is 12.1. The fourth-order valence-electron chi connectivity index (χ4n) is 8.44. The summed E-state index contributed by atoms with van der Waals surface area (Å²) < 4.78 is 37.5. The van der Waals surface area contributed by atoms with E-state index in [0.29, 0.717) is 32.5 Å². The average molecular weight is 845 g/mol. The van der Waals surface area contributed by atoms with E-state index in [0.717, 1.165) is 31.2 Å². The molecule has 2 aliphatic rings. The predicted molar refractivity (Wildman–Crippen MR) is 242 cm³/mol. The van der Waals surface area contributed by atoms with Crippen molar-refractivity contribution >= 4 is 11.8 Å². The molecule has 2 heterocycles. The predicted octanol–water partition coefficient (Wildman–Crippen LogP) is 11.4. The number of nitrogens with one attached hydrogen (secondary N) is 2. The van der Waals surface area contributed by atoms with Crippen molar-refractivity contribution in [2.24, 2.45) is 0 Å². The van der Waals surface area contributed by atoms with Crippen LogP contribution in [0.25, 0.3) is 0 Å². The lowest BCUT2D eigenvalue weighted by Gasteiger charge is -2.48. The van der Waals surface area contributed by atoms with Crippen molar-refractivity contribution in [2.75, 3.05) is 40.0 Å². The number of methoxy groups -OCH3 is 1. The van der Waals surface area contributed by atoms with Gasteiger partial charge in [-0.2, -0.15) is 0 Å². The number of rotatable bonds is 38. The van der Waals surface area contributed by atoms with E-state index in [9.17, 15) is 9.59 Å². The Morgan fingerprint density at radius 3 is 1.42 bits per heavy atom. The number of ether oxygens (including phenoxy) is 6. The maximum absolute atomic E-state index is 12.7. The minimum Gasteiger partial charge on any atom is -0.371 e. The molecule has 2 amide bonds. The zero-order valence-corrected chi connectivity index (χ0v) is 38.5. The maximum Gasteiger partial charge on any atom is 0.220 e. The van der Waals surface area contributed by atoms with Gasteiger partial charge in [0, 0.05) is 38.6 Å². The standard InChI is InChI=1S/C50H88N2O8/c1-4-6-8-10-12-14-16-18-20-22-24-26-31-35-44(53)51-37-39-56-47-46-43(41-58-49(60-46)42-33-29-28-30-34-42)59-50(55-3)48(47)57-40-38-52-45(54)36-32-27-25-23-21-19-17-15-13-11-9-7-5-2/h28-30,33-34,43,46-50H,4-27,31-32,35-41H2,1-3H3,(H,51,53)(H,52,54)/t43-,46-,47+,48-,49?,50?/m1/s1. The molecule has 0 spiro atoms. The first-order valence-corrected chi connectivity index (χ1v) is 24.8. The van der Waals surface area contributed by atoms with Crippen LogP contribution in [0.1, 0.15) is 205 Å². The van der Waals surface area contributed by atoms with Crippen molar-refractivity contribution in [1.29, 1.82) is 0 Å². The van der Waals surface area contributed by atoms with E-state index in [1.807, 2.05) is 30.3 Å². The van der Waals surface area contributed by atoms with Crippen molar-refractivity contribution < 1.29 is 38.0 Å². The molecule has 2 saturated heterocycles. The van der Waals surface area contributed by atoms with Gasteiger partial charge in [0.05, 0.1) is 19.8 Å². The smallest absolute Gasteiger partial charge is 0.220 e. The molecule has 0 aromatic heterocycles. The quantitative estimate of drug-likeness (QED) is 0.0633. The second-order valence-electron chi connectivity index (χ2n) is 17.3. The second kappa shape index (κ2) is 35.4. The second-order valence-corrected chi connectivity index (χ2v) is 17.3. The average Bonchev–Trinajstić information content (AvgIpc) is 3.27. The van der Waals surface area contributed by atoms with Gasteiger partial charge in [-0.05, 0) is 12.8 Å². The van der Waals surface area contributed by atoms with Gasteiger partial charge in [-0.15, -0.1) is 0 Å². The molecule has 0 radical (unpaired) electrons. The molecule has 1 aromatic carbocycles. The van der Waals surface area contributed by atoms with Crippen LogP contribution in [-0.2, 0) is 38.0 Å². The molecule has 2 aliphatic heterocycles. The minimum atomic E-state index is -0.719. The summed E-state index contributed by atoms with van der Waals surface area (Å²) in [4.78, 5) is 25.3. The van der Waals surface area contributed by atoms with E-state index < -0.39 is 37.0 Å². The number of amides is 2. The van der Waals surface area contributed by atoms with E-state index in [1.165, 1.54) is 141 Å². The van der Waals surface area contributed by atoms with Crippen molar-refractivity contribution in [3.8, 4) is 0 Å². The summed E-state index contributed by atoms with van der Waals surface area (Å²) in [7, 11) is 1.59. The fourth-order valence-corrected chi connectivity index (χ4v) is 8.44. The Morgan fingerprint density at radius 1 is 0.567 bits per heavy atom. The van der Waals surface area contributed by atoms with Gasteiger partial charge in [0.2, 0.25) is 11.8 Å². The Morgan fingerprint density at radius 2 is 0.983 bits per heavy atom. The molecule has 0 saturated carbocycles. The summed E-state index contributed by atoms with van der Waals surface area (Å²) in [6.45, 7) is 6.15.